The summed E-state index contributed by atoms with van der Waals surface area (Å²) in [5.41, 5.74) is 6.95. The smallest absolute Gasteiger partial charge is 0.226 e. The summed E-state index contributed by atoms with van der Waals surface area (Å²) in [6.07, 6.45) is 5.48. The van der Waals surface area contributed by atoms with E-state index in [2.05, 4.69) is 11.0 Å². The van der Waals surface area contributed by atoms with Crippen LogP contribution in [0.4, 0.5) is 0 Å². The lowest BCUT2D eigenvalue weighted by Crippen LogP contribution is -2.40. The molecule has 3 rings (SSSR count). The molecule has 0 aromatic heterocycles. The van der Waals surface area contributed by atoms with Gasteiger partial charge in [0.2, 0.25) is 5.91 Å². The van der Waals surface area contributed by atoms with Gasteiger partial charge in [-0.3, -0.25) is 4.79 Å². The van der Waals surface area contributed by atoms with E-state index in [9.17, 15) is 4.79 Å². The van der Waals surface area contributed by atoms with E-state index in [0.717, 1.165) is 43.4 Å². The van der Waals surface area contributed by atoms with Crippen LogP contribution >= 0.6 is 0 Å². The van der Waals surface area contributed by atoms with Gasteiger partial charge in [-0.25, -0.2) is 0 Å². The Hall–Kier alpha value is -1.55. The largest absolute Gasteiger partial charge is 0.496 e. The van der Waals surface area contributed by atoms with Gasteiger partial charge in [-0.1, -0.05) is 24.6 Å². The molecule has 1 amide bonds. The Morgan fingerprint density at radius 2 is 2.05 bits per heavy atom. The highest BCUT2D eigenvalue weighted by Gasteiger charge is 2.40. The van der Waals surface area contributed by atoms with Gasteiger partial charge in [0.05, 0.1) is 7.11 Å². The number of carbonyl (C=O) groups is 1. The Balaban J connectivity index is 1.77. The zero-order valence-corrected chi connectivity index (χ0v) is 13.3. The van der Waals surface area contributed by atoms with Crippen LogP contribution in [0.5, 0.6) is 5.75 Å². The number of rotatable bonds is 6. The first-order chi connectivity index (χ1) is 10.7. The third kappa shape index (κ3) is 3.12. The third-order valence-corrected chi connectivity index (χ3v) is 5.08. The van der Waals surface area contributed by atoms with Crippen molar-refractivity contribution in [1.29, 1.82) is 0 Å². The van der Waals surface area contributed by atoms with Crippen molar-refractivity contribution in [2.75, 3.05) is 13.7 Å². The van der Waals surface area contributed by atoms with Gasteiger partial charge in [-0.05, 0) is 44.2 Å². The summed E-state index contributed by atoms with van der Waals surface area (Å²) in [6, 6.07) is 8.40. The van der Waals surface area contributed by atoms with Gasteiger partial charge >= 0.3 is 0 Å². The maximum atomic E-state index is 13.0. The van der Waals surface area contributed by atoms with Gasteiger partial charge in [0.15, 0.2) is 0 Å². The fourth-order valence-electron chi connectivity index (χ4n) is 3.65. The predicted molar refractivity (Wildman–Crippen MR) is 86.5 cm³/mol. The summed E-state index contributed by atoms with van der Waals surface area (Å²) in [6.45, 7) is 1.28. The fraction of sp³-hybridized carbons (Fsp3) is 0.611. The molecule has 0 radical (unpaired) electrons. The highest BCUT2D eigenvalue weighted by Crippen LogP contribution is 2.37. The second-order valence-corrected chi connectivity index (χ2v) is 6.54. The summed E-state index contributed by atoms with van der Waals surface area (Å²) < 4.78 is 5.44. The van der Waals surface area contributed by atoms with Crippen LogP contribution in [0.1, 0.15) is 37.7 Å². The maximum Gasteiger partial charge on any atom is 0.226 e. The summed E-state index contributed by atoms with van der Waals surface area (Å²) >= 11 is 0. The Morgan fingerprint density at radius 3 is 2.73 bits per heavy atom. The molecule has 2 N–H and O–H groups in total. The number of nitrogens with two attached hydrogens (primary N) is 1. The number of hydrogen-bond acceptors (Lipinski definition) is 3. The molecule has 0 saturated heterocycles. The Morgan fingerprint density at radius 1 is 1.27 bits per heavy atom. The Bertz CT molecular complexity index is 528. The van der Waals surface area contributed by atoms with E-state index in [-0.39, 0.29) is 5.92 Å². The van der Waals surface area contributed by atoms with Gasteiger partial charge in [-0.2, -0.15) is 0 Å². The van der Waals surface area contributed by atoms with Crippen LogP contribution in [0, 0.1) is 11.8 Å². The topological polar surface area (TPSA) is 55.6 Å². The molecular formula is C18H26N2O2. The van der Waals surface area contributed by atoms with Crippen LogP contribution in [0.3, 0.4) is 0 Å². The van der Waals surface area contributed by atoms with E-state index >= 15 is 0 Å². The molecule has 2 fully saturated rings. The lowest BCUT2D eigenvalue weighted by Gasteiger charge is -2.28. The number of ether oxygens (including phenoxy) is 1. The van der Waals surface area contributed by atoms with Crippen molar-refractivity contribution in [3.63, 3.8) is 0 Å². The van der Waals surface area contributed by atoms with Crippen LogP contribution in [0.2, 0.25) is 0 Å². The molecule has 1 aromatic carbocycles. The summed E-state index contributed by atoms with van der Waals surface area (Å²) in [7, 11) is 1.68. The Labute approximate surface area is 132 Å². The van der Waals surface area contributed by atoms with Gasteiger partial charge in [0.25, 0.3) is 0 Å². The van der Waals surface area contributed by atoms with Crippen LogP contribution in [0.25, 0.3) is 0 Å². The minimum Gasteiger partial charge on any atom is -0.496 e. The molecule has 0 bridgehead atoms. The molecule has 22 heavy (non-hydrogen) atoms. The number of para-hydroxylation sites is 1. The van der Waals surface area contributed by atoms with E-state index in [1.54, 1.807) is 7.11 Å². The minimum absolute atomic E-state index is 0.125. The van der Waals surface area contributed by atoms with Crippen LogP contribution in [-0.2, 0) is 11.3 Å². The molecule has 120 valence electrons. The predicted octanol–water partition coefficient (Wildman–Crippen LogP) is 2.56. The van der Waals surface area contributed by atoms with Crippen molar-refractivity contribution in [2.24, 2.45) is 17.6 Å². The van der Waals surface area contributed by atoms with E-state index in [1.807, 2.05) is 18.2 Å². The summed E-state index contributed by atoms with van der Waals surface area (Å²) in [4.78, 5) is 15.1. The Kier molecular flexibility index (Phi) is 4.67. The maximum absolute atomic E-state index is 13.0. The zero-order chi connectivity index (χ0) is 15.5. The molecule has 0 heterocycles. The molecule has 2 aliphatic carbocycles. The minimum atomic E-state index is 0.125. The van der Waals surface area contributed by atoms with Crippen molar-refractivity contribution >= 4 is 5.91 Å². The summed E-state index contributed by atoms with van der Waals surface area (Å²) in [5, 5.41) is 0. The first kappa shape index (κ1) is 15.3. The number of benzene rings is 1. The normalized spacial score (nSPS) is 24.3. The standard InChI is InChI=1S/C18H26N2O2/c1-22-17-8-3-2-5-14(17)12-20(15-9-10-15)18(21)16-7-4-6-13(16)11-19/h2-3,5,8,13,15-16H,4,6-7,9-12,19H2,1H3/t13-,16-/m1/s1. The number of nitrogens with zero attached hydrogens (tertiary/aromatic N) is 1. The second kappa shape index (κ2) is 6.69. The van der Waals surface area contributed by atoms with E-state index in [1.165, 1.54) is 0 Å². The van der Waals surface area contributed by atoms with Gasteiger partial charge in [-0.15, -0.1) is 0 Å². The fourth-order valence-corrected chi connectivity index (χ4v) is 3.65. The quantitative estimate of drug-likeness (QED) is 0.878. The number of hydrogen-bond donors (Lipinski definition) is 1. The van der Waals surface area contributed by atoms with E-state index in [0.29, 0.717) is 31.0 Å². The van der Waals surface area contributed by atoms with Crippen molar-refractivity contribution in [2.45, 2.75) is 44.7 Å². The van der Waals surface area contributed by atoms with Crippen molar-refractivity contribution < 1.29 is 9.53 Å². The number of methoxy groups -OCH3 is 1. The first-order valence-corrected chi connectivity index (χ1v) is 8.37. The molecule has 0 aliphatic heterocycles. The monoisotopic (exact) mass is 302 g/mol. The molecule has 2 saturated carbocycles. The number of carbonyl (C=O) groups excluding carboxylic acids is 1. The molecule has 4 nitrogen and oxygen atoms in total. The highest BCUT2D eigenvalue weighted by molar-refractivity contribution is 5.80. The molecule has 1 aromatic rings. The lowest BCUT2D eigenvalue weighted by molar-refractivity contribution is -0.137. The summed E-state index contributed by atoms with van der Waals surface area (Å²) in [5.74, 6) is 1.66. The van der Waals surface area contributed by atoms with Gasteiger partial charge in [0.1, 0.15) is 5.75 Å². The highest BCUT2D eigenvalue weighted by atomic mass is 16.5. The second-order valence-electron chi connectivity index (χ2n) is 6.54. The SMILES string of the molecule is COc1ccccc1CN(C(=O)[C@@H]1CCC[C@@H]1CN)C1CC1. The van der Waals surface area contributed by atoms with Crippen molar-refractivity contribution in [1.82, 2.24) is 4.90 Å². The van der Waals surface area contributed by atoms with Crippen molar-refractivity contribution in [3.05, 3.63) is 29.8 Å². The molecule has 2 atom stereocenters. The number of amides is 1. The molecule has 0 spiro atoms. The average molecular weight is 302 g/mol. The van der Waals surface area contributed by atoms with Crippen LogP contribution in [-0.4, -0.2) is 30.5 Å². The average Bonchev–Trinajstić information content (AvgIpc) is 3.28. The van der Waals surface area contributed by atoms with Gasteiger partial charge in [0, 0.05) is 24.1 Å². The molecule has 2 aliphatic rings. The zero-order valence-electron chi connectivity index (χ0n) is 13.3. The molecule has 0 unspecified atom stereocenters. The van der Waals surface area contributed by atoms with Crippen LogP contribution < -0.4 is 10.5 Å². The third-order valence-electron chi connectivity index (χ3n) is 5.08. The molecular weight excluding hydrogens is 276 g/mol. The van der Waals surface area contributed by atoms with E-state index < -0.39 is 0 Å². The lowest BCUT2D eigenvalue weighted by atomic mass is 9.94. The van der Waals surface area contributed by atoms with Crippen molar-refractivity contribution in [3.8, 4) is 5.75 Å². The van der Waals surface area contributed by atoms with Gasteiger partial charge < -0.3 is 15.4 Å². The molecule has 4 heteroatoms. The first-order valence-electron chi connectivity index (χ1n) is 8.37. The van der Waals surface area contributed by atoms with E-state index in [4.69, 9.17) is 10.5 Å². The van der Waals surface area contributed by atoms with Crippen LogP contribution in [0.15, 0.2) is 24.3 Å².